The standard InChI is InChI=1S/C24H36N2O5/c1-7-30-21(27)14-13-19(15-17(2)3)25-22(28)20(16-18-11-9-8-10-12-18)26-23(29)31-24(4,5)6/h8-14,17,19-20H,7,15-16H2,1-6H3,(H,25,28)(H,26,29)/b14-13+/t19-,20+/m1/s1. The summed E-state index contributed by atoms with van der Waals surface area (Å²) in [6.07, 6.45) is 3.23. The number of benzene rings is 1. The van der Waals surface area contributed by atoms with Crippen molar-refractivity contribution in [2.24, 2.45) is 5.92 Å². The molecule has 2 amide bonds. The lowest BCUT2D eigenvalue weighted by atomic mass is 10.0. The molecule has 0 radical (unpaired) electrons. The first kappa shape index (κ1) is 26.2. The van der Waals surface area contributed by atoms with Crippen LogP contribution in [0.25, 0.3) is 0 Å². The molecule has 172 valence electrons. The van der Waals surface area contributed by atoms with Crippen molar-refractivity contribution in [3.63, 3.8) is 0 Å². The Kier molecular flexibility index (Phi) is 10.8. The van der Waals surface area contributed by atoms with Gasteiger partial charge in [0, 0.05) is 18.5 Å². The molecule has 0 aliphatic rings. The molecule has 0 unspecified atom stereocenters. The maximum Gasteiger partial charge on any atom is 0.408 e. The van der Waals surface area contributed by atoms with Crippen LogP contribution < -0.4 is 10.6 Å². The number of carbonyl (C=O) groups excluding carboxylic acids is 3. The Morgan fingerprint density at radius 3 is 2.26 bits per heavy atom. The van der Waals surface area contributed by atoms with Crippen molar-refractivity contribution in [3.05, 3.63) is 48.0 Å². The van der Waals surface area contributed by atoms with Crippen LogP contribution in [0.2, 0.25) is 0 Å². The molecule has 0 saturated heterocycles. The molecule has 1 aromatic carbocycles. The van der Waals surface area contributed by atoms with Crippen LogP contribution in [-0.4, -0.2) is 42.3 Å². The van der Waals surface area contributed by atoms with Gasteiger partial charge in [-0.3, -0.25) is 4.79 Å². The molecule has 31 heavy (non-hydrogen) atoms. The van der Waals surface area contributed by atoms with Gasteiger partial charge in [0.25, 0.3) is 0 Å². The molecular formula is C24H36N2O5. The Labute approximate surface area is 185 Å². The summed E-state index contributed by atoms with van der Waals surface area (Å²) in [6.45, 7) is 11.3. The van der Waals surface area contributed by atoms with E-state index in [1.54, 1.807) is 33.8 Å². The first-order valence-corrected chi connectivity index (χ1v) is 10.7. The highest BCUT2D eigenvalue weighted by atomic mass is 16.6. The first-order valence-electron chi connectivity index (χ1n) is 10.7. The van der Waals surface area contributed by atoms with E-state index < -0.39 is 23.7 Å². The third-order valence-electron chi connectivity index (χ3n) is 4.09. The fraction of sp³-hybridized carbons (Fsp3) is 0.542. The molecule has 2 N–H and O–H groups in total. The molecule has 0 heterocycles. The van der Waals surface area contributed by atoms with Crippen molar-refractivity contribution < 1.29 is 23.9 Å². The Balaban J connectivity index is 2.97. The van der Waals surface area contributed by atoms with Crippen molar-refractivity contribution in [1.29, 1.82) is 0 Å². The predicted octanol–water partition coefficient (Wildman–Crippen LogP) is 3.77. The summed E-state index contributed by atoms with van der Waals surface area (Å²) >= 11 is 0. The second-order valence-electron chi connectivity index (χ2n) is 8.74. The van der Waals surface area contributed by atoms with E-state index in [9.17, 15) is 14.4 Å². The van der Waals surface area contributed by atoms with E-state index in [0.717, 1.165) is 5.56 Å². The van der Waals surface area contributed by atoms with Gasteiger partial charge in [0.15, 0.2) is 0 Å². The number of nitrogens with one attached hydrogen (secondary N) is 2. The minimum Gasteiger partial charge on any atom is -0.463 e. The van der Waals surface area contributed by atoms with Gasteiger partial charge in [-0.05, 0) is 45.6 Å². The molecule has 7 nitrogen and oxygen atoms in total. The summed E-state index contributed by atoms with van der Waals surface area (Å²) in [5.74, 6) is -0.532. The zero-order valence-corrected chi connectivity index (χ0v) is 19.4. The maximum absolute atomic E-state index is 13.1. The van der Waals surface area contributed by atoms with Crippen LogP contribution in [0.3, 0.4) is 0 Å². The van der Waals surface area contributed by atoms with Crippen molar-refractivity contribution >= 4 is 18.0 Å². The summed E-state index contributed by atoms with van der Waals surface area (Å²) in [4.78, 5) is 37.1. The van der Waals surface area contributed by atoms with Crippen molar-refractivity contribution in [2.75, 3.05) is 6.61 Å². The molecule has 1 rings (SSSR count). The zero-order chi connectivity index (χ0) is 23.4. The van der Waals surface area contributed by atoms with E-state index in [0.29, 0.717) is 12.8 Å². The third-order valence-corrected chi connectivity index (χ3v) is 4.09. The van der Waals surface area contributed by atoms with Crippen LogP contribution >= 0.6 is 0 Å². The van der Waals surface area contributed by atoms with Crippen molar-refractivity contribution in [3.8, 4) is 0 Å². The highest BCUT2D eigenvalue weighted by molar-refractivity contribution is 5.87. The third kappa shape index (κ3) is 11.8. The molecule has 1 aromatic rings. The minimum absolute atomic E-state index is 0.281. The Hall–Kier alpha value is -2.83. The van der Waals surface area contributed by atoms with E-state index in [2.05, 4.69) is 10.6 Å². The highest BCUT2D eigenvalue weighted by Gasteiger charge is 2.26. The molecular weight excluding hydrogens is 396 g/mol. The smallest absolute Gasteiger partial charge is 0.408 e. The summed E-state index contributed by atoms with van der Waals surface area (Å²) in [7, 11) is 0. The normalized spacial score (nSPS) is 13.5. The number of amides is 2. The zero-order valence-electron chi connectivity index (χ0n) is 19.4. The molecule has 0 aliphatic carbocycles. The molecule has 0 spiro atoms. The number of hydrogen-bond donors (Lipinski definition) is 2. The van der Waals surface area contributed by atoms with Gasteiger partial charge in [0.2, 0.25) is 5.91 Å². The number of alkyl carbamates (subject to hydrolysis) is 1. The molecule has 0 aliphatic heterocycles. The maximum atomic E-state index is 13.1. The SMILES string of the molecule is CCOC(=O)/C=C/[C@H](CC(C)C)NC(=O)[C@H](Cc1ccccc1)NC(=O)OC(C)(C)C. The van der Waals surface area contributed by atoms with Gasteiger partial charge in [0.05, 0.1) is 6.61 Å². The van der Waals surface area contributed by atoms with Gasteiger partial charge >= 0.3 is 12.1 Å². The fourth-order valence-electron chi connectivity index (χ4n) is 2.87. The average molecular weight is 433 g/mol. The Morgan fingerprint density at radius 1 is 1.06 bits per heavy atom. The van der Waals surface area contributed by atoms with Crippen LogP contribution in [0.5, 0.6) is 0 Å². The topological polar surface area (TPSA) is 93.7 Å². The quantitative estimate of drug-likeness (QED) is 0.434. The molecule has 0 bridgehead atoms. The molecule has 2 atom stereocenters. The monoisotopic (exact) mass is 432 g/mol. The van der Waals surface area contributed by atoms with E-state index in [-0.39, 0.29) is 24.5 Å². The van der Waals surface area contributed by atoms with Gasteiger partial charge in [-0.2, -0.15) is 0 Å². The van der Waals surface area contributed by atoms with Crippen LogP contribution in [0.15, 0.2) is 42.5 Å². The summed E-state index contributed by atoms with van der Waals surface area (Å²) in [6, 6.07) is 8.22. The van der Waals surface area contributed by atoms with Crippen molar-refractivity contribution in [2.45, 2.75) is 72.1 Å². The lowest BCUT2D eigenvalue weighted by Crippen LogP contribution is -2.51. The average Bonchev–Trinajstić information content (AvgIpc) is 2.64. The largest absolute Gasteiger partial charge is 0.463 e. The van der Waals surface area contributed by atoms with Crippen LogP contribution in [0.1, 0.15) is 53.5 Å². The lowest BCUT2D eigenvalue weighted by Gasteiger charge is -2.25. The van der Waals surface area contributed by atoms with E-state index in [1.807, 2.05) is 44.2 Å². The number of esters is 1. The van der Waals surface area contributed by atoms with Gasteiger partial charge in [-0.15, -0.1) is 0 Å². The number of hydrogen-bond acceptors (Lipinski definition) is 5. The second-order valence-corrected chi connectivity index (χ2v) is 8.74. The molecule has 0 saturated carbocycles. The van der Waals surface area contributed by atoms with Gasteiger partial charge < -0.3 is 20.1 Å². The van der Waals surface area contributed by atoms with E-state index in [4.69, 9.17) is 9.47 Å². The minimum atomic E-state index is -0.831. The van der Waals surface area contributed by atoms with Crippen molar-refractivity contribution in [1.82, 2.24) is 10.6 Å². The summed E-state index contributed by atoms with van der Waals surface area (Å²) in [5, 5.41) is 5.61. The highest BCUT2D eigenvalue weighted by Crippen LogP contribution is 2.11. The number of carbonyl (C=O) groups is 3. The van der Waals surface area contributed by atoms with Gasteiger partial charge in [-0.25, -0.2) is 9.59 Å². The van der Waals surface area contributed by atoms with E-state index in [1.165, 1.54) is 6.08 Å². The summed E-state index contributed by atoms with van der Waals surface area (Å²) < 4.78 is 10.2. The van der Waals surface area contributed by atoms with Gasteiger partial charge in [-0.1, -0.05) is 50.3 Å². The second kappa shape index (κ2) is 12.8. The first-order chi connectivity index (χ1) is 14.5. The molecule has 0 fully saturated rings. The number of ether oxygens (including phenoxy) is 2. The van der Waals surface area contributed by atoms with Crippen LogP contribution in [0, 0.1) is 5.92 Å². The van der Waals surface area contributed by atoms with E-state index >= 15 is 0 Å². The number of rotatable bonds is 10. The molecule has 7 heteroatoms. The Morgan fingerprint density at radius 2 is 1.71 bits per heavy atom. The Bertz CT molecular complexity index is 738. The lowest BCUT2D eigenvalue weighted by molar-refractivity contribution is -0.137. The molecule has 0 aromatic heterocycles. The van der Waals surface area contributed by atoms with Crippen LogP contribution in [0.4, 0.5) is 4.79 Å². The summed E-state index contributed by atoms with van der Waals surface area (Å²) in [5.41, 5.74) is 0.224. The van der Waals surface area contributed by atoms with Gasteiger partial charge in [0.1, 0.15) is 11.6 Å². The fourth-order valence-corrected chi connectivity index (χ4v) is 2.87. The van der Waals surface area contributed by atoms with Crippen LogP contribution in [-0.2, 0) is 25.5 Å². The predicted molar refractivity (Wildman–Crippen MR) is 120 cm³/mol.